The molecular formula is C13H21N3O. The van der Waals surface area contributed by atoms with Crippen LogP contribution in [0.1, 0.15) is 12.5 Å². The molecule has 0 aliphatic rings. The molecule has 1 unspecified atom stereocenters. The van der Waals surface area contributed by atoms with Crippen LogP contribution in [0.5, 0.6) is 0 Å². The molecule has 4 heteroatoms. The van der Waals surface area contributed by atoms with E-state index in [4.69, 9.17) is 5.73 Å². The molecule has 1 amide bonds. The molecule has 0 heterocycles. The van der Waals surface area contributed by atoms with Crippen molar-refractivity contribution in [1.82, 2.24) is 9.80 Å². The lowest BCUT2D eigenvalue weighted by Crippen LogP contribution is -2.42. The minimum absolute atomic E-state index is 0.114. The molecule has 0 aliphatic heterocycles. The van der Waals surface area contributed by atoms with E-state index >= 15 is 0 Å². The van der Waals surface area contributed by atoms with Crippen LogP contribution >= 0.6 is 0 Å². The minimum Gasteiger partial charge on any atom is -0.399 e. The number of nitrogens with zero attached hydrogens (tertiary/aromatic N) is 2. The third-order valence-electron chi connectivity index (χ3n) is 2.87. The number of rotatable bonds is 4. The van der Waals surface area contributed by atoms with E-state index in [-0.39, 0.29) is 11.9 Å². The number of carbonyl (C=O) groups excluding carboxylic acids is 1. The summed E-state index contributed by atoms with van der Waals surface area (Å²) in [6.07, 6.45) is 0. The molecule has 0 aliphatic carbocycles. The van der Waals surface area contributed by atoms with Crippen molar-refractivity contribution in [3.63, 3.8) is 0 Å². The fraction of sp³-hybridized carbons (Fsp3) is 0.462. The highest BCUT2D eigenvalue weighted by Gasteiger charge is 2.19. The van der Waals surface area contributed by atoms with E-state index in [0.717, 1.165) is 17.8 Å². The molecule has 1 aromatic rings. The van der Waals surface area contributed by atoms with E-state index in [1.807, 2.05) is 43.1 Å². The second kappa shape index (κ2) is 5.68. The number of likely N-dealkylation sites (N-methyl/N-ethyl adjacent to an activating group) is 2. The molecule has 1 aromatic carbocycles. The number of hydrogen-bond acceptors (Lipinski definition) is 3. The Morgan fingerprint density at radius 2 is 1.76 bits per heavy atom. The Morgan fingerprint density at radius 1 is 1.24 bits per heavy atom. The smallest absolute Gasteiger partial charge is 0.239 e. The second-order valence-electron chi connectivity index (χ2n) is 4.57. The maximum atomic E-state index is 11.8. The topological polar surface area (TPSA) is 49.6 Å². The number of nitrogens with two attached hydrogens (primary N) is 1. The van der Waals surface area contributed by atoms with Gasteiger partial charge in [0.05, 0.1) is 6.04 Å². The van der Waals surface area contributed by atoms with Crippen molar-refractivity contribution in [2.45, 2.75) is 19.5 Å². The van der Waals surface area contributed by atoms with Gasteiger partial charge in [-0.15, -0.1) is 0 Å². The zero-order chi connectivity index (χ0) is 13.0. The van der Waals surface area contributed by atoms with Gasteiger partial charge in [-0.2, -0.15) is 0 Å². The van der Waals surface area contributed by atoms with E-state index in [1.54, 1.807) is 19.0 Å². The lowest BCUT2D eigenvalue weighted by Gasteiger charge is -2.26. The van der Waals surface area contributed by atoms with Crippen LogP contribution in [-0.2, 0) is 11.3 Å². The van der Waals surface area contributed by atoms with Gasteiger partial charge in [-0.05, 0) is 31.7 Å². The Labute approximate surface area is 103 Å². The van der Waals surface area contributed by atoms with Crippen molar-refractivity contribution >= 4 is 11.6 Å². The highest BCUT2D eigenvalue weighted by molar-refractivity contribution is 5.80. The number of benzene rings is 1. The number of amides is 1. The molecule has 17 heavy (non-hydrogen) atoms. The fourth-order valence-electron chi connectivity index (χ4n) is 1.61. The van der Waals surface area contributed by atoms with E-state index in [9.17, 15) is 4.79 Å². The summed E-state index contributed by atoms with van der Waals surface area (Å²) in [7, 11) is 5.49. The molecule has 2 N–H and O–H groups in total. The van der Waals surface area contributed by atoms with E-state index in [1.165, 1.54) is 0 Å². The van der Waals surface area contributed by atoms with Gasteiger partial charge in [0, 0.05) is 26.3 Å². The Bertz CT molecular complexity index is 373. The predicted octanol–water partition coefficient (Wildman–Crippen LogP) is 1.18. The van der Waals surface area contributed by atoms with Crippen molar-refractivity contribution in [3.8, 4) is 0 Å². The normalized spacial score (nSPS) is 12.5. The predicted molar refractivity (Wildman–Crippen MR) is 70.5 cm³/mol. The largest absolute Gasteiger partial charge is 0.399 e. The van der Waals surface area contributed by atoms with Gasteiger partial charge in [0.15, 0.2) is 0 Å². The molecule has 0 saturated carbocycles. The standard InChI is InChI=1S/C13H21N3O/c1-10(13(17)15(2)3)16(4)9-11-5-7-12(14)8-6-11/h5-8,10H,9,14H2,1-4H3. The first kappa shape index (κ1) is 13.5. The van der Waals surface area contributed by atoms with Crippen LogP contribution < -0.4 is 5.73 Å². The SMILES string of the molecule is CC(C(=O)N(C)C)N(C)Cc1ccc(N)cc1. The minimum atomic E-state index is -0.123. The van der Waals surface area contributed by atoms with Gasteiger partial charge in [0.1, 0.15) is 0 Å². The van der Waals surface area contributed by atoms with Crippen molar-refractivity contribution in [1.29, 1.82) is 0 Å². The lowest BCUT2D eigenvalue weighted by molar-refractivity contribution is -0.133. The third-order valence-corrected chi connectivity index (χ3v) is 2.87. The first-order valence-corrected chi connectivity index (χ1v) is 5.67. The second-order valence-corrected chi connectivity index (χ2v) is 4.57. The molecule has 0 bridgehead atoms. The third kappa shape index (κ3) is 3.75. The number of anilines is 1. The van der Waals surface area contributed by atoms with Crippen LogP contribution in [0, 0.1) is 0 Å². The van der Waals surface area contributed by atoms with Crippen LogP contribution in [0.4, 0.5) is 5.69 Å². The first-order valence-electron chi connectivity index (χ1n) is 5.67. The molecule has 94 valence electrons. The highest BCUT2D eigenvalue weighted by Crippen LogP contribution is 2.10. The summed E-state index contributed by atoms with van der Waals surface area (Å²) < 4.78 is 0. The summed E-state index contributed by atoms with van der Waals surface area (Å²) in [5.74, 6) is 0.114. The maximum Gasteiger partial charge on any atom is 0.239 e. The quantitative estimate of drug-likeness (QED) is 0.797. The Kier molecular flexibility index (Phi) is 4.52. The summed E-state index contributed by atoms with van der Waals surface area (Å²) in [4.78, 5) is 15.4. The van der Waals surface area contributed by atoms with Gasteiger partial charge in [0.25, 0.3) is 0 Å². The van der Waals surface area contributed by atoms with E-state index in [0.29, 0.717) is 0 Å². The zero-order valence-corrected chi connectivity index (χ0v) is 11.0. The monoisotopic (exact) mass is 235 g/mol. The van der Waals surface area contributed by atoms with Gasteiger partial charge in [-0.3, -0.25) is 9.69 Å². The van der Waals surface area contributed by atoms with Crippen LogP contribution in [0.3, 0.4) is 0 Å². The van der Waals surface area contributed by atoms with Gasteiger partial charge in [-0.25, -0.2) is 0 Å². The maximum absolute atomic E-state index is 11.8. The molecule has 4 nitrogen and oxygen atoms in total. The van der Waals surface area contributed by atoms with Crippen molar-refractivity contribution in [2.24, 2.45) is 0 Å². The van der Waals surface area contributed by atoms with Crippen LogP contribution in [0.2, 0.25) is 0 Å². The zero-order valence-electron chi connectivity index (χ0n) is 11.0. The summed E-state index contributed by atoms with van der Waals surface area (Å²) in [6, 6.07) is 7.60. The molecular weight excluding hydrogens is 214 g/mol. The average Bonchev–Trinajstić information content (AvgIpc) is 2.30. The summed E-state index contributed by atoms with van der Waals surface area (Å²) in [5, 5.41) is 0. The van der Waals surface area contributed by atoms with Crippen molar-refractivity contribution in [3.05, 3.63) is 29.8 Å². The number of nitrogen functional groups attached to an aromatic ring is 1. The molecule has 0 saturated heterocycles. The van der Waals surface area contributed by atoms with Gasteiger partial charge in [0.2, 0.25) is 5.91 Å². The fourth-order valence-corrected chi connectivity index (χ4v) is 1.61. The van der Waals surface area contributed by atoms with Crippen molar-refractivity contribution in [2.75, 3.05) is 26.9 Å². The van der Waals surface area contributed by atoms with E-state index < -0.39 is 0 Å². The summed E-state index contributed by atoms with van der Waals surface area (Å²) in [5.41, 5.74) is 7.54. The Morgan fingerprint density at radius 3 is 2.24 bits per heavy atom. The van der Waals surface area contributed by atoms with Crippen LogP contribution in [-0.4, -0.2) is 42.9 Å². The lowest BCUT2D eigenvalue weighted by atomic mass is 10.1. The number of carbonyl (C=O) groups is 1. The molecule has 1 atom stereocenters. The highest BCUT2D eigenvalue weighted by atomic mass is 16.2. The van der Waals surface area contributed by atoms with Gasteiger partial charge >= 0.3 is 0 Å². The molecule has 0 radical (unpaired) electrons. The van der Waals surface area contributed by atoms with E-state index in [2.05, 4.69) is 0 Å². The summed E-state index contributed by atoms with van der Waals surface area (Å²) >= 11 is 0. The number of hydrogen-bond donors (Lipinski definition) is 1. The summed E-state index contributed by atoms with van der Waals surface area (Å²) in [6.45, 7) is 2.65. The molecule has 0 fully saturated rings. The Balaban J connectivity index is 2.62. The molecule has 1 rings (SSSR count). The van der Waals surface area contributed by atoms with Gasteiger partial charge in [-0.1, -0.05) is 12.1 Å². The molecule has 0 aromatic heterocycles. The molecule has 0 spiro atoms. The van der Waals surface area contributed by atoms with Crippen LogP contribution in [0.25, 0.3) is 0 Å². The van der Waals surface area contributed by atoms with Crippen LogP contribution in [0.15, 0.2) is 24.3 Å². The first-order chi connectivity index (χ1) is 7.91. The average molecular weight is 235 g/mol. The van der Waals surface area contributed by atoms with Gasteiger partial charge < -0.3 is 10.6 Å². The van der Waals surface area contributed by atoms with Crippen molar-refractivity contribution < 1.29 is 4.79 Å². The Hall–Kier alpha value is -1.55.